The fourth-order valence-corrected chi connectivity index (χ4v) is 4.10. The molecule has 1 aromatic carbocycles. The van der Waals surface area contributed by atoms with Gasteiger partial charge in [-0.1, -0.05) is 29.8 Å². The third kappa shape index (κ3) is 5.07. The largest absolute Gasteiger partial charge is 0.480 e. The van der Waals surface area contributed by atoms with Gasteiger partial charge in [0, 0.05) is 30.4 Å². The van der Waals surface area contributed by atoms with Crippen molar-refractivity contribution in [1.82, 2.24) is 4.90 Å². The fourth-order valence-electron chi connectivity index (χ4n) is 3.80. The minimum atomic E-state index is -1.33. The lowest BCUT2D eigenvalue weighted by Gasteiger charge is -2.27. The third-order valence-corrected chi connectivity index (χ3v) is 6.10. The number of hydrogen-bond donors (Lipinski definition) is 1. The maximum absolute atomic E-state index is 12.9. The van der Waals surface area contributed by atoms with Crippen LogP contribution in [0.1, 0.15) is 31.7 Å². The Kier molecular flexibility index (Phi) is 7.19. The van der Waals surface area contributed by atoms with Crippen LogP contribution in [0.15, 0.2) is 63.4 Å². The van der Waals surface area contributed by atoms with Gasteiger partial charge in [-0.2, -0.15) is 0 Å². The molecular formula is C25H24ClN3O4. The van der Waals surface area contributed by atoms with Gasteiger partial charge in [0.1, 0.15) is 6.54 Å². The number of carbonyl (C=O) groups excluding carboxylic acids is 2. The maximum atomic E-state index is 12.9. The number of halogens is 1. The van der Waals surface area contributed by atoms with E-state index in [1.165, 1.54) is 6.92 Å². The summed E-state index contributed by atoms with van der Waals surface area (Å²) in [5.41, 5.74) is 3.83. The lowest BCUT2D eigenvalue weighted by atomic mass is 9.89. The van der Waals surface area contributed by atoms with Gasteiger partial charge in [0.2, 0.25) is 0 Å². The predicted octanol–water partition coefficient (Wildman–Crippen LogP) is 4.39. The highest BCUT2D eigenvalue weighted by Crippen LogP contribution is 2.37. The second-order valence-corrected chi connectivity index (χ2v) is 8.46. The molecule has 0 spiro atoms. The number of hydrogen-bond acceptors (Lipinski definition) is 4. The summed E-state index contributed by atoms with van der Waals surface area (Å²) < 4.78 is 0. The smallest absolute Gasteiger partial charge is 0.323 e. The van der Waals surface area contributed by atoms with Crippen molar-refractivity contribution in [2.45, 2.75) is 26.2 Å². The van der Waals surface area contributed by atoms with Crippen LogP contribution < -0.4 is 4.90 Å². The van der Waals surface area contributed by atoms with Gasteiger partial charge >= 0.3 is 5.97 Å². The van der Waals surface area contributed by atoms with Crippen molar-refractivity contribution in [3.63, 3.8) is 0 Å². The molecule has 1 heterocycles. The van der Waals surface area contributed by atoms with Crippen LogP contribution >= 0.6 is 11.6 Å². The first-order chi connectivity index (χ1) is 15.6. The predicted molar refractivity (Wildman–Crippen MR) is 127 cm³/mol. The highest BCUT2D eigenvalue weighted by Gasteiger charge is 2.37. The monoisotopic (exact) mass is 465 g/mol. The van der Waals surface area contributed by atoms with Gasteiger partial charge in [0.15, 0.2) is 0 Å². The van der Waals surface area contributed by atoms with Crippen molar-refractivity contribution in [2.75, 3.05) is 25.5 Å². The second kappa shape index (κ2) is 9.88. The lowest BCUT2D eigenvalue weighted by Crippen LogP contribution is -2.45. The summed E-state index contributed by atoms with van der Waals surface area (Å²) in [5, 5.41) is 9.62. The van der Waals surface area contributed by atoms with Crippen LogP contribution in [0.3, 0.4) is 0 Å². The summed E-state index contributed by atoms with van der Waals surface area (Å²) in [6.07, 6.45) is 5.83. The Morgan fingerprint density at radius 1 is 1.18 bits per heavy atom. The number of allylic oxidation sites excluding steroid dienone is 4. The molecule has 8 heteroatoms. The molecule has 0 bridgehead atoms. The van der Waals surface area contributed by atoms with Gasteiger partial charge in [0.25, 0.3) is 17.5 Å². The Labute approximate surface area is 197 Å². The third-order valence-electron chi connectivity index (χ3n) is 5.61. The van der Waals surface area contributed by atoms with Gasteiger partial charge in [-0.3, -0.25) is 19.3 Å². The molecule has 33 heavy (non-hydrogen) atoms. The first-order valence-electron chi connectivity index (χ1n) is 10.4. The number of carboxylic acids is 1. The Hall–Kier alpha value is -3.63. The van der Waals surface area contributed by atoms with Crippen molar-refractivity contribution in [3.05, 3.63) is 80.3 Å². The summed E-state index contributed by atoms with van der Waals surface area (Å²) in [4.78, 5) is 42.4. The molecule has 2 aliphatic rings. The molecule has 1 N–H and O–H groups in total. The van der Waals surface area contributed by atoms with E-state index in [1.54, 1.807) is 6.08 Å². The molecule has 3 rings (SSSR count). The Morgan fingerprint density at radius 2 is 1.85 bits per heavy atom. The molecule has 0 saturated heterocycles. The number of carbonyl (C=O) groups is 3. The highest BCUT2D eigenvalue weighted by atomic mass is 35.5. The average Bonchev–Trinajstić information content (AvgIpc) is 2.77. The van der Waals surface area contributed by atoms with Crippen molar-refractivity contribution in [3.8, 4) is 0 Å². The molecule has 0 aromatic heterocycles. The topological polar surface area (TPSA) is 82.3 Å². The maximum Gasteiger partial charge on any atom is 0.323 e. The number of anilines is 1. The van der Waals surface area contributed by atoms with Gasteiger partial charge in [-0.25, -0.2) is 4.85 Å². The zero-order valence-corrected chi connectivity index (χ0v) is 19.4. The molecule has 1 aromatic rings. The summed E-state index contributed by atoms with van der Waals surface area (Å²) >= 11 is 6.71. The molecule has 2 amide bonds. The van der Waals surface area contributed by atoms with Crippen LogP contribution in [0.5, 0.6) is 0 Å². The van der Waals surface area contributed by atoms with Crippen LogP contribution in [-0.2, 0) is 14.4 Å². The zero-order valence-electron chi connectivity index (χ0n) is 18.7. The second-order valence-electron chi connectivity index (χ2n) is 8.08. The standard InChI is InChI=1S/C25H24ClN3O4/c1-15-20(24(32)29(14-21(30)31)25(33)23(15)27-2)13-18-7-5-6-17(22(18)26)12-16-8-10-19(11-9-16)28(3)4/h8-13H,5-7,14H2,1,3-4H3,(H,30,31)/b17-12+,20-13-. The molecule has 0 unspecified atom stereocenters. The van der Waals surface area contributed by atoms with Crippen LogP contribution in [0, 0.1) is 6.57 Å². The molecule has 1 aliphatic carbocycles. The van der Waals surface area contributed by atoms with E-state index >= 15 is 0 Å². The minimum absolute atomic E-state index is 0.117. The number of benzene rings is 1. The molecule has 0 atom stereocenters. The summed E-state index contributed by atoms with van der Waals surface area (Å²) in [6, 6.07) is 8.05. The van der Waals surface area contributed by atoms with E-state index in [0.29, 0.717) is 16.4 Å². The normalized spacial score (nSPS) is 19.4. The molecule has 1 aliphatic heterocycles. The quantitative estimate of drug-likeness (QED) is 0.396. The molecule has 0 saturated carbocycles. The first-order valence-corrected chi connectivity index (χ1v) is 10.8. The van der Waals surface area contributed by atoms with Crippen molar-refractivity contribution >= 4 is 41.1 Å². The molecule has 170 valence electrons. The van der Waals surface area contributed by atoms with E-state index < -0.39 is 24.3 Å². The number of imide groups is 1. The Bertz CT molecular complexity index is 1180. The SMILES string of the molecule is [C-]#[N+]C1=C(C)/C(=C/C2=C(Cl)C(=C/c3ccc(N(C)C)cc3)/CCC2)C(=O)N(CC(=O)O)C1=O. The summed E-state index contributed by atoms with van der Waals surface area (Å²) in [6.45, 7) is 8.05. The van der Waals surface area contributed by atoms with Crippen LogP contribution in [0.2, 0.25) is 0 Å². The number of carboxylic acid groups (broad SMARTS) is 1. The molecule has 0 radical (unpaired) electrons. The number of nitrogens with zero attached hydrogens (tertiary/aromatic N) is 3. The van der Waals surface area contributed by atoms with Gasteiger partial charge in [0.05, 0.1) is 6.57 Å². The van der Waals surface area contributed by atoms with E-state index in [2.05, 4.69) is 4.85 Å². The number of rotatable bonds is 5. The number of aliphatic carboxylic acids is 1. The van der Waals surface area contributed by atoms with E-state index in [1.807, 2.05) is 49.3 Å². The highest BCUT2D eigenvalue weighted by molar-refractivity contribution is 6.33. The molecule has 0 fully saturated rings. The first kappa shape index (κ1) is 24.0. The molecular weight excluding hydrogens is 442 g/mol. The molecule has 7 nitrogen and oxygen atoms in total. The van der Waals surface area contributed by atoms with Crippen LogP contribution in [-0.4, -0.2) is 48.4 Å². The van der Waals surface area contributed by atoms with E-state index in [0.717, 1.165) is 35.2 Å². The summed E-state index contributed by atoms with van der Waals surface area (Å²) in [5.74, 6) is -2.96. The van der Waals surface area contributed by atoms with Crippen LogP contribution in [0.4, 0.5) is 5.69 Å². The van der Waals surface area contributed by atoms with Gasteiger partial charge in [-0.05, 0) is 66.7 Å². The Balaban J connectivity index is 2.03. The van der Waals surface area contributed by atoms with E-state index in [-0.39, 0.29) is 16.8 Å². The van der Waals surface area contributed by atoms with Crippen molar-refractivity contribution in [2.24, 2.45) is 0 Å². The fraction of sp³-hybridized carbons (Fsp3) is 0.280. The Morgan fingerprint density at radius 3 is 2.42 bits per heavy atom. The van der Waals surface area contributed by atoms with Gasteiger partial charge < -0.3 is 10.0 Å². The summed E-state index contributed by atoms with van der Waals surface area (Å²) in [7, 11) is 3.95. The minimum Gasteiger partial charge on any atom is -0.480 e. The van der Waals surface area contributed by atoms with Crippen LogP contribution in [0.25, 0.3) is 10.9 Å². The van der Waals surface area contributed by atoms with E-state index in [4.69, 9.17) is 23.3 Å². The van der Waals surface area contributed by atoms with Gasteiger partial charge in [-0.15, -0.1) is 0 Å². The zero-order chi connectivity index (χ0) is 24.3. The number of amides is 2. The van der Waals surface area contributed by atoms with Crippen molar-refractivity contribution < 1.29 is 19.5 Å². The van der Waals surface area contributed by atoms with E-state index in [9.17, 15) is 14.4 Å². The lowest BCUT2D eigenvalue weighted by molar-refractivity contribution is -0.149. The average molecular weight is 466 g/mol. The van der Waals surface area contributed by atoms with Crippen molar-refractivity contribution in [1.29, 1.82) is 0 Å².